The van der Waals surface area contributed by atoms with E-state index < -0.39 is 0 Å². The van der Waals surface area contributed by atoms with Crippen molar-refractivity contribution in [1.29, 1.82) is 0 Å². The summed E-state index contributed by atoms with van der Waals surface area (Å²) in [5.41, 5.74) is 1.98. The van der Waals surface area contributed by atoms with Crippen LogP contribution in [0.25, 0.3) is 0 Å². The molecule has 0 aromatic heterocycles. The fourth-order valence-electron chi connectivity index (χ4n) is 1.02. The van der Waals surface area contributed by atoms with Gasteiger partial charge in [0.25, 0.3) is 0 Å². The average Bonchev–Trinajstić information content (AvgIpc) is 2.06. The second kappa shape index (κ2) is 3.98. The van der Waals surface area contributed by atoms with Gasteiger partial charge < -0.3 is 10.4 Å². The van der Waals surface area contributed by atoms with E-state index in [9.17, 15) is 0 Å². The summed E-state index contributed by atoms with van der Waals surface area (Å²) in [7, 11) is 0. The van der Waals surface area contributed by atoms with Crippen LogP contribution in [0, 0.1) is 0 Å². The second-order valence-electron chi connectivity index (χ2n) is 2.35. The predicted molar refractivity (Wildman–Crippen MR) is 46.5 cm³/mol. The maximum atomic E-state index is 8.91. The van der Waals surface area contributed by atoms with E-state index in [0.29, 0.717) is 0 Å². The number of rotatable bonds is 3. The summed E-state index contributed by atoms with van der Waals surface area (Å²) in [6.45, 7) is 3.02. The molecule has 0 radical (unpaired) electrons. The van der Waals surface area contributed by atoms with Crippen LogP contribution in [0.1, 0.15) is 12.5 Å². The molecule has 0 unspecified atom stereocenters. The van der Waals surface area contributed by atoms with Gasteiger partial charge in [-0.25, -0.2) is 0 Å². The highest BCUT2D eigenvalue weighted by Crippen LogP contribution is 2.13. The van der Waals surface area contributed by atoms with Crippen LogP contribution in [0.4, 0.5) is 5.69 Å². The topological polar surface area (TPSA) is 32.3 Å². The van der Waals surface area contributed by atoms with Crippen molar-refractivity contribution in [2.75, 3.05) is 11.9 Å². The number of benzene rings is 1. The van der Waals surface area contributed by atoms with E-state index in [1.165, 1.54) is 0 Å². The summed E-state index contributed by atoms with van der Waals surface area (Å²) in [4.78, 5) is 0. The molecule has 1 aromatic rings. The molecule has 0 saturated heterocycles. The van der Waals surface area contributed by atoms with Crippen LogP contribution in [0.5, 0.6) is 0 Å². The molecule has 0 heterocycles. The lowest BCUT2D eigenvalue weighted by molar-refractivity contribution is 0.282. The van der Waals surface area contributed by atoms with Gasteiger partial charge in [-0.1, -0.05) is 18.2 Å². The minimum atomic E-state index is 0.100. The number of para-hydroxylation sites is 1. The van der Waals surface area contributed by atoms with Crippen molar-refractivity contribution in [3.05, 3.63) is 29.8 Å². The minimum absolute atomic E-state index is 0.100. The highest BCUT2D eigenvalue weighted by Gasteiger charge is 1.96. The Labute approximate surface area is 66.9 Å². The summed E-state index contributed by atoms with van der Waals surface area (Å²) >= 11 is 0. The Morgan fingerprint density at radius 1 is 1.36 bits per heavy atom. The van der Waals surface area contributed by atoms with Gasteiger partial charge in [0.1, 0.15) is 0 Å². The normalized spacial score (nSPS) is 9.64. The van der Waals surface area contributed by atoms with E-state index >= 15 is 0 Å². The zero-order valence-corrected chi connectivity index (χ0v) is 6.67. The first kappa shape index (κ1) is 8.08. The van der Waals surface area contributed by atoms with Crippen LogP contribution in [-0.4, -0.2) is 11.7 Å². The van der Waals surface area contributed by atoms with Crippen molar-refractivity contribution in [3.63, 3.8) is 0 Å². The van der Waals surface area contributed by atoms with E-state index in [0.717, 1.165) is 17.8 Å². The van der Waals surface area contributed by atoms with Gasteiger partial charge in [0, 0.05) is 17.8 Å². The van der Waals surface area contributed by atoms with Crippen molar-refractivity contribution in [3.8, 4) is 0 Å². The Bertz CT molecular complexity index is 223. The molecule has 11 heavy (non-hydrogen) atoms. The standard InChI is InChI=1S/C9H13NO/c1-2-10-9-6-4-3-5-8(9)7-11/h3-6,10-11H,2,7H2,1H3. The molecule has 2 N–H and O–H groups in total. The predicted octanol–water partition coefficient (Wildman–Crippen LogP) is 1.61. The van der Waals surface area contributed by atoms with Crippen LogP contribution in [-0.2, 0) is 6.61 Å². The van der Waals surface area contributed by atoms with Crippen molar-refractivity contribution in [2.24, 2.45) is 0 Å². The first-order chi connectivity index (χ1) is 5.38. The fourth-order valence-corrected chi connectivity index (χ4v) is 1.02. The van der Waals surface area contributed by atoms with Crippen molar-refractivity contribution in [2.45, 2.75) is 13.5 Å². The number of hydrogen-bond donors (Lipinski definition) is 2. The molecule has 0 spiro atoms. The molecule has 0 bridgehead atoms. The Hall–Kier alpha value is -1.02. The molecule has 0 atom stereocenters. The number of aliphatic hydroxyl groups excluding tert-OH is 1. The van der Waals surface area contributed by atoms with E-state index in [4.69, 9.17) is 5.11 Å². The maximum Gasteiger partial charge on any atom is 0.0701 e. The van der Waals surface area contributed by atoms with Gasteiger partial charge >= 0.3 is 0 Å². The fraction of sp³-hybridized carbons (Fsp3) is 0.333. The monoisotopic (exact) mass is 151 g/mol. The SMILES string of the molecule is CCNc1ccccc1CO. The highest BCUT2D eigenvalue weighted by molar-refractivity contribution is 5.50. The van der Waals surface area contributed by atoms with Gasteiger partial charge in [-0.2, -0.15) is 0 Å². The third-order valence-corrected chi connectivity index (χ3v) is 1.55. The van der Waals surface area contributed by atoms with Gasteiger partial charge in [0.2, 0.25) is 0 Å². The Morgan fingerprint density at radius 3 is 2.73 bits per heavy atom. The number of hydrogen-bond acceptors (Lipinski definition) is 2. The third-order valence-electron chi connectivity index (χ3n) is 1.55. The zero-order chi connectivity index (χ0) is 8.10. The largest absolute Gasteiger partial charge is 0.392 e. The van der Waals surface area contributed by atoms with Gasteiger partial charge in [-0.15, -0.1) is 0 Å². The summed E-state index contributed by atoms with van der Waals surface area (Å²) in [5, 5.41) is 12.1. The molecule has 0 fully saturated rings. The molecule has 60 valence electrons. The summed E-state index contributed by atoms with van der Waals surface area (Å²) in [6.07, 6.45) is 0. The summed E-state index contributed by atoms with van der Waals surface area (Å²) in [6, 6.07) is 7.76. The van der Waals surface area contributed by atoms with Crippen LogP contribution in [0.2, 0.25) is 0 Å². The first-order valence-corrected chi connectivity index (χ1v) is 3.81. The van der Waals surface area contributed by atoms with E-state index in [-0.39, 0.29) is 6.61 Å². The van der Waals surface area contributed by atoms with Gasteiger partial charge in [0.05, 0.1) is 6.61 Å². The lowest BCUT2D eigenvalue weighted by atomic mass is 10.2. The van der Waals surface area contributed by atoms with E-state index in [1.54, 1.807) is 0 Å². The quantitative estimate of drug-likeness (QED) is 0.688. The van der Waals surface area contributed by atoms with Crippen molar-refractivity contribution in [1.82, 2.24) is 0 Å². The molecule has 0 amide bonds. The highest BCUT2D eigenvalue weighted by atomic mass is 16.3. The molecule has 0 saturated carbocycles. The molecule has 0 aliphatic rings. The molecule has 1 aromatic carbocycles. The zero-order valence-electron chi connectivity index (χ0n) is 6.67. The molecular weight excluding hydrogens is 138 g/mol. The van der Waals surface area contributed by atoms with Gasteiger partial charge in [-0.05, 0) is 13.0 Å². The Kier molecular flexibility index (Phi) is 2.93. The van der Waals surface area contributed by atoms with Crippen LogP contribution in [0.3, 0.4) is 0 Å². The van der Waals surface area contributed by atoms with Crippen molar-refractivity contribution < 1.29 is 5.11 Å². The van der Waals surface area contributed by atoms with Crippen LogP contribution < -0.4 is 5.32 Å². The van der Waals surface area contributed by atoms with Crippen molar-refractivity contribution >= 4 is 5.69 Å². The molecule has 2 heteroatoms. The lowest BCUT2D eigenvalue weighted by Crippen LogP contribution is -1.99. The maximum absolute atomic E-state index is 8.91. The number of nitrogens with one attached hydrogen (secondary N) is 1. The van der Waals surface area contributed by atoms with Gasteiger partial charge in [-0.3, -0.25) is 0 Å². The van der Waals surface area contributed by atoms with Crippen LogP contribution in [0.15, 0.2) is 24.3 Å². The summed E-state index contributed by atoms with van der Waals surface area (Å²) < 4.78 is 0. The third kappa shape index (κ3) is 1.95. The smallest absolute Gasteiger partial charge is 0.0701 e. The average molecular weight is 151 g/mol. The lowest BCUT2D eigenvalue weighted by Gasteiger charge is -2.06. The minimum Gasteiger partial charge on any atom is -0.392 e. The number of aliphatic hydroxyl groups is 1. The second-order valence-corrected chi connectivity index (χ2v) is 2.35. The molecular formula is C9H13NO. The molecule has 0 aliphatic heterocycles. The van der Waals surface area contributed by atoms with Gasteiger partial charge in [0.15, 0.2) is 0 Å². The molecule has 1 rings (SSSR count). The Balaban J connectivity index is 2.83. The van der Waals surface area contributed by atoms with E-state index in [1.807, 2.05) is 31.2 Å². The Morgan fingerprint density at radius 2 is 2.09 bits per heavy atom. The number of anilines is 1. The molecule has 2 nitrogen and oxygen atoms in total. The summed E-state index contributed by atoms with van der Waals surface area (Å²) in [5.74, 6) is 0. The van der Waals surface area contributed by atoms with Crippen LogP contribution >= 0.6 is 0 Å². The first-order valence-electron chi connectivity index (χ1n) is 3.81. The molecule has 0 aliphatic carbocycles. The van der Waals surface area contributed by atoms with E-state index in [2.05, 4.69) is 5.32 Å².